The monoisotopic (exact) mass is 435 g/mol. The lowest BCUT2D eigenvalue weighted by Gasteiger charge is -2.08. The van der Waals surface area contributed by atoms with Crippen molar-refractivity contribution in [3.8, 4) is 16.9 Å². The molecule has 1 aromatic heterocycles. The highest BCUT2D eigenvalue weighted by molar-refractivity contribution is 7.85. The highest BCUT2D eigenvalue weighted by atomic mass is 32.2. The molecule has 0 saturated heterocycles. The van der Waals surface area contributed by atoms with Crippen molar-refractivity contribution in [3.05, 3.63) is 95.0 Å². The van der Waals surface area contributed by atoms with Crippen LogP contribution in [0.4, 0.5) is 4.39 Å². The van der Waals surface area contributed by atoms with Gasteiger partial charge in [-0.05, 0) is 60.9 Å². The Kier molecular flexibility index (Phi) is 6.57. The van der Waals surface area contributed by atoms with Crippen LogP contribution in [0.15, 0.2) is 88.6 Å². The van der Waals surface area contributed by atoms with E-state index in [4.69, 9.17) is 4.74 Å². The van der Waals surface area contributed by atoms with Crippen LogP contribution in [0.5, 0.6) is 5.75 Å². The van der Waals surface area contributed by atoms with Crippen LogP contribution in [-0.2, 0) is 10.8 Å². The minimum Gasteiger partial charge on any atom is -0.494 e. The number of unbranched alkanes of at least 4 members (excludes halogenated alkanes) is 1. The van der Waals surface area contributed by atoms with Crippen molar-refractivity contribution in [2.45, 2.75) is 17.7 Å². The van der Waals surface area contributed by atoms with Gasteiger partial charge in [0.05, 0.1) is 17.4 Å². The SMILES string of the molecule is O=c1ccc2cc(OCCCCS(=O)c3ccc(-c4ccccc4F)cc3)ccc2[nH]1. The largest absolute Gasteiger partial charge is 0.494 e. The first-order chi connectivity index (χ1) is 15.1. The number of benzene rings is 3. The van der Waals surface area contributed by atoms with Crippen LogP contribution >= 0.6 is 0 Å². The van der Waals surface area contributed by atoms with Gasteiger partial charge in [0.25, 0.3) is 0 Å². The first-order valence-electron chi connectivity index (χ1n) is 10.1. The van der Waals surface area contributed by atoms with Gasteiger partial charge in [-0.15, -0.1) is 0 Å². The van der Waals surface area contributed by atoms with Crippen LogP contribution < -0.4 is 10.3 Å². The molecular formula is C25H22FNO3S. The summed E-state index contributed by atoms with van der Waals surface area (Å²) in [5.41, 5.74) is 1.95. The fraction of sp³-hybridized carbons (Fsp3) is 0.160. The van der Waals surface area contributed by atoms with E-state index in [1.54, 1.807) is 36.4 Å². The van der Waals surface area contributed by atoms with Crippen LogP contribution in [0.3, 0.4) is 0 Å². The molecule has 31 heavy (non-hydrogen) atoms. The molecule has 0 aliphatic rings. The average Bonchev–Trinajstić information content (AvgIpc) is 2.79. The van der Waals surface area contributed by atoms with Gasteiger partial charge in [-0.25, -0.2) is 4.39 Å². The van der Waals surface area contributed by atoms with Crippen molar-refractivity contribution in [1.82, 2.24) is 4.98 Å². The van der Waals surface area contributed by atoms with E-state index in [9.17, 15) is 13.4 Å². The molecule has 158 valence electrons. The minimum absolute atomic E-state index is 0.129. The average molecular weight is 436 g/mol. The zero-order valence-corrected chi connectivity index (χ0v) is 17.7. The molecule has 1 N–H and O–H groups in total. The Hall–Kier alpha value is -3.25. The van der Waals surface area contributed by atoms with Crippen LogP contribution in [-0.4, -0.2) is 21.6 Å². The maximum atomic E-state index is 13.9. The second-order valence-corrected chi connectivity index (χ2v) is 8.75. The minimum atomic E-state index is -1.11. The van der Waals surface area contributed by atoms with Crippen molar-refractivity contribution in [2.75, 3.05) is 12.4 Å². The van der Waals surface area contributed by atoms with E-state index in [-0.39, 0.29) is 11.4 Å². The molecule has 0 spiro atoms. The van der Waals surface area contributed by atoms with E-state index in [2.05, 4.69) is 4.98 Å². The van der Waals surface area contributed by atoms with E-state index in [1.807, 2.05) is 30.3 Å². The molecular weight excluding hydrogens is 413 g/mol. The summed E-state index contributed by atoms with van der Waals surface area (Å²) < 4.78 is 32.2. The molecule has 0 amide bonds. The highest BCUT2D eigenvalue weighted by Crippen LogP contribution is 2.24. The summed E-state index contributed by atoms with van der Waals surface area (Å²) in [4.78, 5) is 14.9. The molecule has 4 aromatic rings. The number of aromatic nitrogens is 1. The van der Waals surface area contributed by atoms with Crippen molar-refractivity contribution in [1.29, 1.82) is 0 Å². The van der Waals surface area contributed by atoms with Crippen LogP contribution in [0, 0.1) is 5.82 Å². The van der Waals surface area contributed by atoms with E-state index in [0.29, 0.717) is 17.9 Å². The number of hydrogen-bond donors (Lipinski definition) is 1. The maximum Gasteiger partial charge on any atom is 0.248 e. The molecule has 1 atom stereocenters. The van der Waals surface area contributed by atoms with Crippen molar-refractivity contribution < 1.29 is 13.3 Å². The number of aromatic amines is 1. The Morgan fingerprint density at radius 1 is 0.903 bits per heavy atom. The molecule has 0 bridgehead atoms. The predicted molar refractivity (Wildman–Crippen MR) is 122 cm³/mol. The number of hydrogen-bond acceptors (Lipinski definition) is 3. The van der Waals surface area contributed by atoms with E-state index in [0.717, 1.165) is 40.0 Å². The zero-order chi connectivity index (χ0) is 21.6. The third-order valence-corrected chi connectivity index (χ3v) is 6.45. The number of H-pyrrole nitrogens is 1. The van der Waals surface area contributed by atoms with Gasteiger partial charge in [0.15, 0.2) is 0 Å². The Morgan fingerprint density at radius 2 is 1.71 bits per heavy atom. The smallest absolute Gasteiger partial charge is 0.248 e. The fourth-order valence-corrected chi connectivity index (χ4v) is 4.49. The van der Waals surface area contributed by atoms with Gasteiger partial charge in [-0.2, -0.15) is 0 Å². The molecule has 3 aromatic carbocycles. The molecule has 0 aliphatic heterocycles. The van der Waals surface area contributed by atoms with Gasteiger partial charge in [-0.1, -0.05) is 30.3 Å². The molecule has 0 aliphatic carbocycles. The van der Waals surface area contributed by atoms with Crippen molar-refractivity contribution >= 4 is 21.7 Å². The molecule has 4 nitrogen and oxygen atoms in total. The molecule has 0 fully saturated rings. The van der Waals surface area contributed by atoms with Crippen LogP contribution in [0.1, 0.15) is 12.8 Å². The first-order valence-corrected chi connectivity index (χ1v) is 11.4. The lowest BCUT2D eigenvalue weighted by molar-refractivity contribution is 0.310. The molecule has 1 unspecified atom stereocenters. The topological polar surface area (TPSA) is 59.2 Å². The number of fused-ring (bicyclic) bond motifs is 1. The quantitative estimate of drug-likeness (QED) is 0.382. The molecule has 0 radical (unpaired) electrons. The van der Waals surface area contributed by atoms with Crippen molar-refractivity contribution in [3.63, 3.8) is 0 Å². The number of nitrogens with one attached hydrogen (secondary N) is 1. The third-order valence-electron chi connectivity index (χ3n) is 4.99. The Morgan fingerprint density at radius 3 is 2.52 bits per heavy atom. The van der Waals surface area contributed by atoms with Gasteiger partial charge >= 0.3 is 0 Å². The predicted octanol–water partition coefficient (Wildman–Crippen LogP) is 5.30. The fourth-order valence-electron chi connectivity index (χ4n) is 3.35. The van der Waals surface area contributed by atoms with Gasteiger partial charge < -0.3 is 9.72 Å². The summed E-state index contributed by atoms with van der Waals surface area (Å²) >= 11 is 0. The number of halogens is 1. The lowest BCUT2D eigenvalue weighted by atomic mass is 10.1. The van der Waals surface area contributed by atoms with Gasteiger partial charge in [0.1, 0.15) is 11.6 Å². The van der Waals surface area contributed by atoms with E-state index in [1.165, 1.54) is 12.1 Å². The molecule has 0 saturated carbocycles. The molecule has 4 rings (SSSR count). The first kappa shape index (κ1) is 21.0. The van der Waals surface area contributed by atoms with Crippen LogP contribution in [0.2, 0.25) is 0 Å². The van der Waals surface area contributed by atoms with E-state index >= 15 is 0 Å². The number of rotatable bonds is 8. The van der Waals surface area contributed by atoms with Gasteiger partial charge in [-0.3, -0.25) is 9.00 Å². The second kappa shape index (κ2) is 9.71. The van der Waals surface area contributed by atoms with E-state index < -0.39 is 10.8 Å². The summed E-state index contributed by atoms with van der Waals surface area (Å²) in [6.45, 7) is 0.526. The van der Waals surface area contributed by atoms with Gasteiger partial charge in [0.2, 0.25) is 5.56 Å². The molecule has 1 heterocycles. The Bertz CT molecular complexity index is 1270. The maximum absolute atomic E-state index is 13.9. The second-order valence-electron chi connectivity index (χ2n) is 7.18. The summed E-state index contributed by atoms with van der Waals surface area (Å²) in [5.74, 6) is 1.02. The Labute approximate surface area is 182 Å². The normalized spacial score (nSPS) is 12.0. The standard InChI is InChI=1S/C25H22FNO3S/c26-23-6-2-1-5-22(23)18-7-11-21(12-8-18)31(29)16-4-3-15-30-20-10-13-24-19(17-20)9-14-25(28)27-24/h1-2,5-14,17H,3-4,15-16H2,(H,27,28). The van der Waals surface area contributed by atoms with Crippen LogP contribution in [0.25, 0.3) is 22.0 Å². The summed E-state index contributed by atoms with van der Waals surface area (Å²) in [5, 5.41) is 0.914. The van der Waals surface area contributed by atoms with Gasteiger partial charge in [0, 0.05) is 33.2 Å². The molecule has 6 heteroatoms. The number of pyridine rings is 1. The summed E-state index contributed by atoms with van der Waals surface area (Å²) in [7, 11) is -1.11. The number of ether oxygens (including phenoxy) is 1. The third kappa shape index (κ3) is 5.27. The lowest BCUT2D eigenvalue weighted by Crippen LogP contribution is -2.04. The summed E-state index contributed by atoms with van der Waals surface area (Å²) in [6.07, 6.45) is 1.55. The zero-order valence-electron chi connectivity index (χ0n) is 16.8. The van der Waals surface area contributed by atoms with Crippen molar-refractivity contribution in [2.24, 2.45) is 0 Å². The summed E-state index contributed by atoms with van der Waals surface area (Å²) in [6, 6.07) is 22.6. The Balaban J connectivity index is 1.25. The highest BCUT2D eigenvalue weighted by Gasteiger charge is 2.07.